The zero-order valence-electron chi connectivity index (χ0n) is 17.8. The highest BCUT2D eigenvalue weighted by atomic mass is 19.1. The number of hydrogen-bond acceptors (Lipinski definition) is 3. The van der Waals surface area contributed by atoms with Gasteiger partial charge in [-0.1, -0.05) is 36.4 Å². The Morgan fingerprint density at radius 3 is 2.65 bits per heavy atom. The van der Waals surface area contributed by atoms with Crippen LogP contribution < -0.4 is 5.32 Å². The minimum atomic E-state index is -0.214. The molecule has 5 heteroatoms. The van der Waals surface area contributed by atoms with E-state index in [1.165, 1.54) is 12.1 Å². The van der Waals surface area contributed by atoms with Gasteiger partial charge in [0, 0.05) is 24.8 Å². The molecule has 2 aromatic carbocycles. The highest BCUT2D eigenvalue weighted by Crippen LogP contribution is 2.30. The lowest BCUT2D eigenvalue weighted by Crippen LogP contribution is -2.43. The van der Waals surface area contributed by atoms with Crippen LogP contribution in [0.5, 0.6) is 0 Å². The van der Waals surface area contributed by atoms with Crippen LogP contribution in [0, 0.1) is 18.7 Å². The van der Waals surface area contributed by atoms with Crippen molar-refractivity contribution in [3.8, 4) is 0 Å². The summed E-state index contributed by atoms with van der Waals surface area (Å²) in [6.45, 7) is 4.58. The summed E-state index contributed by atoms with van der Waals surface area (Å²) in [5.74, 6) is -0.0316. The number of hydrogen-bond donors (Lipinski definition) is 1. The zero-order chi connectivity index (χ0) is 21.6. The Hall–Kier alpha value is -3.05. The summed E-state index contributed by atoms with van der Waals surface area (Å²) in [7, 11) is 0. The number of nitrogens with one attached hydrogen (secondary N) is 1. The number of benzene rings is 2. The van der Waals surface area contributed by atoms with E-state index in [4.69, 9.17) is 0 Å². The van der Waals surface area contributed by atoms with Crippen LogP contribution in [-0.2, 0) is 6.54 Å². The quantitative estimate of drug-likeness (QED) is 0.620. The fourth-order valence-corrected chi connectivity index (χ4v) is 4.39. The van der Waals surface area contributed by atoms with E-state index in [1.54, 1.807) is 6.20 Å². The molecule has 1 aliphatic heterocycles. The number of nitrogens with zero attached hydrogens (tertiary/aromatic N) is 2. The molecule has 4 rings (SSSR count). The van der Waals surface area contributed by atoms with Gasteiger partial charge in [0.25, 0.3) is 5.91 Å². The molecule has 1 aliphatic rings. The van der Waals surface area contributed by atoms with Gasteiger partial charge in [0.1, 0.15) is 5.82 Å². The second-order valence-electron chi connectivity index (χ2n) is 8.28. The first-order chi connectivity index (χ1) is 15.1. The predicted molar refractivity (Wildman–Crippen MR) is 120 cm³/mol. The second kappa shape index (κ2) is 9.84. The van der Waals surface area contributed by atoms with Crippen LogP contribution >= 0.6 is 0 Å². The van der Waals surface area contributed by atoms with E-state index >= 15 is 0 Å². The van der Waals surface area contributed by atoms with Crippen LogP contribution in [0.3, 0.4) is 0 Å². The van der Waals surface area contributed by atoms with Crippen LogP contribution in [0.15, 0.2) is 72.9 Å². The summed E-state index contributed by atoms with van der Waals surface area (Å²) in [6.07, 6.45) is 3.85. The molecule has 1 N–H and O–H groups in total. The van der Waals surface area contributed by atoms with Crippen molar-refractivity contribution in [2.24, 2.45) is 5.92 Å². The number of likely N-dealkylation sites (tertiary alicyclic amines) is 1. The topological polar surface area (TPSA) is 45.2 Å². The van der Waals surface area contributed by atoms with Gasteiger partial charge in [-0.15, -0.1) is 0 Å². The van der Waals surface area contributed by atoms with Gasteiger partial charge in [-0.2, -0.15) is 0 Å². The fraction of sp³-hybridized carbons (Fsp3) is 0.308. The molecule has 0 unspecified atom stereocenters. The number of carbonyl (C=O) groups is 1. The van der Waals surface area contributed by atoms with Crippen LogP contribution in [0.2, 0.25) is 0 Å². The van der Waals surface area contributed by atoms with Crippen LogP contribution in [0.25, 0.3) is 0 Å². The van der Waals surface area contributed by atoms with Gasteiger partial charge in [-0.05, 0) is 73.7 Å². The number of amides is 1. The minimum absolute atomic E-state index is 0.0654. The summed E-state index contributed by atoms with van der Waals surface area (Å²) in [4.78, 5) is 20.1. The largest absolute Gasteiger partial charge is 0.343 e. The van der Waals surface area contributed by atoms with E-state index in [-0.39, 0.29) is 23.7 Å². The number of rotatable bonds is 6. The Bertz CT molecular complexity index is 1010. The molecule has 1 amide bonds. The standard InChI is InChI=1S/C26H28FN3O/c1-19-7-2-3-9-23(19)26(31)29-25(24-10-4-5-15-28-24)21-8-6-16-30(18-21)17-20-11-13-22(27)14-12-20/h2-5,7,9-15,21,25H,6,8,16-18H2,1H3,(H,29,31)/t21-,25-/m0/s1. The Kier molecular flexibility index (Phi) is 6.73. The first-order valence-corrected chi connectivity index (χ1v) is 10.8. The lowest BCUT2D eigenvalue weighted by molar-refractivity contribution is 0.0874. The molecule has 2 atom stereocenters. The molecular formula is C26H28FN3O. The van der Waals surface area contributed by atoms with Crippen molar-refractivity contribution in [3.63, 3.8) is 0 Å². The lowest BCUT2D eigenvalue weighted by atomic mass is 9.88. The summed E-state index contributed by atoms with van der Waals surface area (Å²) >= 11 is 0. The summed E-state index contributed by atoms with van der Waals surface area (Å²) < 4.78 is 13.2. The first kappa shape index (κ1) is 21.2. The molecule has 0 radical (unpaired) electrons. The van der Waals surface area contributed by atoms with Crippen LogP contribution in [0.1, 0.15) is 46.1 Å². The van der Waals surface area contributed by atoms with E-state index in [2.05, 4.69) is 15.2 Å². The van der Waals surface area contributed by atoms with Crippen molar-refractivity contribution in [2.75, 3.05) is 13.1 Å². The predicted octanol–water partition coefficient (Wildman–Crippen LogP) is 4.91. The Morgan fingerprint density at radius 2 is 1.90 bits per heavy atom. The van der Waals surface area contributed by atoms with E-state index in [9.17, 15) is 9.18 Å². The SMILES string of the molecule is Cc1ccccc1C(=O)N[C@H](c1ccccn1)[C@H]1CCCN(Cc2ccc(F)cc2)C1. The molecule has 4 nitrogen and oxygen atoms in total. The number of aryl methyl sites for hydroxylation is 1. The number of piperidine rings is 1. The summed E-state index contributed by atoms with van der Waals surface area (Å²) in [5, 5.41) is 3.27. The van der Waals surface area contributed by atoms with Crippen molar-refractivity contribution in [2.45, 2.75) is 32.4 Å². The van der Waals surface area contributed by atoms with Gasteiger partial charge < -0.3 is 5.32 Å². The average Bonchev–Trinajstić information content (AvgIpc) is 2.80. The third-order valence-corrected chi connectivity index (χ3v) is 6.02. The molecule has 1 fully saturated rings. The molecule has 31 heavy (non-hydrogen) atoms. The molecule has 0 bridgehead atoms. The first-order valence-electron chi connectivity index (χ1n) is 10.8. The van der Waals surface area contributed by atoms with Crippen LogP contribution in [0.4, 0.5) is 4.39 Å². The summed E-state index contributed by atoms with van der Waals surface area (Å²) in [6, 6.07) is 20.0. The molecule has 2 heterocycles. The molecule has 0 saturated carbocycles. The van der Waals surface area contributed by atoms with E-state index in [0.29, 0.717) is 5.56 Å². The molecule has 1 aromatic heterocycles. The smallest absolute Gasteiger partial charge is 0.252 e. The molecular weight excluding hydrogens is 389 g/mol. The van der Waals surface area contributed by atoms with Gasteiger partial charge in [-0.3, -0.25) is 14.7 Å². The monoisotopic (exact) mass is 417 g/mol. The lowest BCUT2D eigenvalue weighted by Gasteiger charge is -2.37. The Labute approximate surface area is 183 Å². The highest BCUT2D eigenvalue weighted by Gasteiger charge is 2.31. The number of halogens is 1. The van der Waals surface area contributed by atoms with Gasteiger partial charge >= 0.3 is 0 Å². The highest BCUT2D eigenvalue weighted by molar-refractivity contribution is 5.95. The number of pyridine rings is 1. The molecule has 0 spiro atoms. The maximum Gasteiger partial charge on any atom is 0.252 e. The van der Waals surface area contributed by atoms with Crippen molar-refractivity contribution >= 4 is 5.91 Å². The molecule has 3 aromatic rings. The van der Waals surface area contributed by atoms with Crippen molar-refractivity contribution in [3.05, 3.63) is 101 Å². The van der Waals surface area contributed by atoms with Crippen LogP contribution in [-0.4, -0.2) is 28.9 Å². The fourth-order valence-electron chi connectivity index (χ4n) is 4.39. The van der Waals surface area contributed by atoms with Crippen molar-refractivity contribution in [1.82, 2.24) is 15.2 Å². The minimum Gasteiger partial charge on any atom is -0.343 e. The van der Waals surface area contributed by atoms with E-state index < -0.39 is 0 Å². The van der Waals surface area contributed by atoms with E-state index in [0.717, 1.165) is 49.3 Å². The molecule has 1 saturated heterocycles. The maximum absolute atomic E-state index is 13.2. The van der Waals surface area contributed by atoms with Crippen molar-refractivity contribution in [1.29, 1.82) is 0 Å². The normalized spacial score (nSPS) is 17.8. The van der Waals surface area contributed by atoms with E-state index in [1.807, 2.05) is 61.5 Å². The van der Waals surface area contributed by atoms with Gasteiger partial charge in [0.05, 0.1) is 11.7 Å². The summed E-state index contributed by atoms with van der Waals surface area (Å²) in [5.41, 5.74) is 3.64. The third-order valence-electron chi connectivity index (χ3n) is 6.02. The number of aromatic nitrogens is 1. The Balaban J connectivity index is 1.53. The second-order valence-corrected chi connectivity index (χ2v) is 8.28. The number of carbonyl (C=O) groups excluding carboxylic acids is 1. The third kappa shape index (κ3) is 5.36. The zero-order valence-corrected chi connectivity index (χ0v) is 17.8. The molecule has 0 aliphatic carbocycles. The van der Waals surface area contributed by atoms with Gasteiger partial charge in [0.2, 0.25) is 0 Å². The van der Waals surface area contributed by atoms with Gasteiger partial charge in [-0.25, -0.2) is 4.39 Å². The maximum atomic E-state index is 13.2. The van der Waals surface area contributed by atoms with Gasteiger partial charge in [0.15, 0.2) is 0 Å². The average molecular weight is 418 g/mol. The van der Waals surface area contributed by atoms with Crippen molar-refractivity contribution < 1.29 is 9.18 Å². The molecule has 160 valence electrons. The Morgan fingerprint density at radius 1 is 1.13 bits per heavy atom.